The van der Waals surface area contributed by atoms with E-state index in [1.165, 1.54) is 0 Å². The van der Waals surface area contributed by atoms with Gasteiger partial charge in [0.1, 0.15) is 17.3 Å². The number of aromatic nitrogens is 3. The summed E-state index contributed by atoms with van der Waals surface area (Å²) in [5.41, 5.74) is 1.01. The zero-order valence-electron chi connectivity index (χ0n) is 17.8. The van der Waals surface area contributed by atoms with E-state index in [-0.39, 0.29) is 29.7 Å². The minimum Gasteiger partial charge on any atom is -0.497 e. The van der Waals surface area contributed by atoms with Crippen LogP contribution in [0.4, 0.5) is 0 Å². The van der Waals surface area contributed by atoms with Crippen molar-refractivity contribution < 1.29 is 9.47 Å². The van der Waals surface area contributed by atoms with Gasteiger partial charge in [-0.25, -0.2) is 9.48 Å². The molecule has 166 valence electrons. The van der Waals surface area contributed by atoms with E-state index in [2.05, 4.69) is 20.7 Å². The second-order valence-corrected chi connectivity index (χ2v) is 6.91. The third-order valence-corrected chi connectivity index (χ3v) is 5.03. The third kappa shape index (κ3) is 5.89. The molecule has 2 aromatic rings. The number of ether oxygens (including phenoxy) is 2. The van der Waals surface area contributed by atoms with Crippen molar-refractivity contribution in [2.24, 2.45) is 4.99 Å². The lowest BCUT2D eigenvalue weighted by Crippen LogP contribution is -2.38. The summed E-state index contributed by atoms with van der Waals surface area (Å²) in [6, 6.07) is 5.72. The first-order valence-electron chi connectivity index (χ1n) is 9.98. The number of aliphatic imine (C=N–C) groups is 1. The molecule has 3 rings (SSSR count). The molecule has 1 aliphatic rings. The van der Waals surface area contributed by atoms with Crippen LogP contribution in [-0.4, -0.2) is 48.1 Å². The van der Waals surface area contributed by atoms with Crippen molar-refractivity contribution in [3.8, 4) is 11.5 Å². The highest BCUT2D eigenvalue weighted by Crippen LogP contribution is 2.24. The Morgan fingerprint density at radius 3 is 2.77 bits per heavy atom. The average molecular weight is 530 g/mol. The first kappa shape index (κ1) is 24.0. The van der Waals surface area contributed by atoms with Gasteiger partial charge in [0.15, 0.2) is 5.96 Å². The van der Waals surface area contributed by atoms with Crippen LogP contribution in [0.3, 0.4) is 0 Å². The molecule has 0 saturated heterocycles. The van der Waals surface area contributed by atoms with Gasteiger partial charge in [-0.15, -0.1) is 24.0 Å². The maximum atomic E-state index is 12.3. The van der Waals surface area contributed by atoms with Crippen molar-refractivity contribution in [1.82, 2.24) is 25.0 Å². The number of halogens is 1. The second-order valence-electron chi connectivity index (χ2n) is 6.91. The van der Waals surface area contributed by atoms with E-state index in [1.54, 1.807) is 30.5 Å². The number of nitrogens with zero attached hydrogens (tertiary/aromatic N) is 4. The van der Waals surface area contributed by atoms with Crippen LogP contribution in [0, 0.1) is 0 Å². The number of hydrogen-bond acceptors (Lipinski definition) is 5. The van der Waals surface area contributed by atoms with Crippen LogP contribution in [-0.2, 0) is 26.1 Å². The molecule has 0 saturated carbocycles. The third-order valence-electron chi connectivity index (χ3n) is 5.03. The minimum atomic E-state index is 0. The monoisotopic (exact) mass is 530 g/mol. The van der Waals surface area contributed by atoms with E-state index >= 15 is 0 Å². The Hall–Kier alpha value is -2.24. The van der Waals surface area contributed by atoms with Crippen molar-refractivity contribution >= 4 is 29.9 Å². The van der Waals surface area contributed by atoms with E-state index in [0.29, 0.717) is 25.6 Å². The van der Waals surface area contributed by atoms with E-state index < -0.39 is 0 Å². The van der Waals surface area contributed by atoms with Gasteiger partial charge >= 0.3 is 5.69 Å². The van der Waals surface area contributed by atoms with Crippen LogP contribution < -0.4 is 25.8 Å². The topological polar surface area (TPSA) is 94.7 Å². The Morgan fingerprint density at radius 2 is 2.07 bits per heavy atom. The first-order valence-corrected chi connectivity index (χ1v) is 9.98. The molecule has 1 aromatic carbocycles. The lowest BCUT2D eigenvalue weighted by molar-refractivity contribution is 0.390. The number of methoxy groups -OCH3 is 2. The highest BCUT2D eigenvalue weighted by atomic mass is 127. The molecule has 10 heteroatoms. The largest absolute Gasteiger partial charge is 0.497 e. The van der Waals surface area contributed by atoms with Crippen LogP contribution in [0.2, 0.25) is 0 Å². The summed E-state index contributed by atoms with van der Waals surface area (Å²) in [6.45, 7) is 2.64. The highest BCUT2D eigenvalue weighted by Gasteiger charge is 2.16. The SMILES string of the molecule is CN=C(NCCCn1nc2n(c1=O)CCCC2)NCc1ccc(OC)cc1OC.I. The lowest BCUT2D eigenvalue weighted by atomic mass is 10.2. The van der Waals surface area contributed by atoms with Crippen molar-refractivity contribution in [3.05, 3.63) is 40.1 Å². The zero-order chi connectivity index (χ0) is 20.6. The Kier molecular flexibility index (Phi) is 9.47. The van der Waals surface area contributed by atoms with Crippen molar-refractivity contribution in [2.75, 3.05) is 27.8 Å². The van der Waals surface area contributed by atoms with Gasteiger partial charge in [-0.05, 0) is 31.4 Å². The normalized spacial score (nSPS) is 13.2. The second kappa shape index (κ2) is 11.8. The number of nitrogens with one attached hydrogen (secondary N) is 2. The molecule has 0 atom stereocenters. The van der Waals surface area contributed by atoms with E-state index in [0.717, 1.165) is 55.1 Å². The van der Waals surface area contributed by atoms with Gasteiger partial charge in [-0.3, -0.25) is 9.56 Å². The summed E-state index contributed by atoms with van der Waals surface area (Å²) < 4.78 is 14.0. The zero-order valence-corrected chi connectivity index (χ0v) is 20.1. The Morgan fingerprint density at radius 1 is 1.23 bits per heavy atom. The molecule has 0 radical (unpaired) electrons. The van der Waals surface area contributed by atoms with Crippen LogP contribution in [0.15, 0.2) is 28.0 Å². The molecule has 0 aliphatic carbocycles. The molecule has 0 fully saturated rings. The lowest BCUT2D eigenvalue weighted by Gasteiger charge is -2.14. The maximum Gasteiger partial charge on any atom is 0.345 e. The molecular formula is C20H31IN6O3. The van der Waals surface area contributed by atoms with Crippen molar-refractivity contribution in [2.45, 2.75) is 45.3 Å². The molecule has 0 bridgehead atoms. The predicted octanol–water partition coefficient (Wildman–Crippen LogP) is 1.77. The first-order chi connectivity index (χ1) is 14.2. The van der Waals surface area contributed by atoms with E-state index in [4.69, 9.17) is 9.47 Å². The molecule has 0 amide bonds. The van der Waals surface area contributed by atoms with Gasteiger partial charge in [0.25, 0.3) is 0 Å². The smallest absolute Gasteiger partial charge is 0.345 e. The number of hydrogen-bond donors (Lipinski definition) is 2. The summed E-state index contributed by atoms with van der Waals surface area (Å²) in [4.78, 5) is 16.6. The molecule has 1 aromatic heterocycles. The average Bonchev–Trinajstić information content (AvgIpc) is 3.08. The molecule has 9 nitrogen and oxygen atoms in total. The summed E-state index contributed by atoms with van der Waals surface area (Å²) in [7, 11) is 5.00. The molecular weight excluding hydrogens is 499 g/mol. The van der Waals surface area contributed by atoms with E-state index in [9.17, 15) is 4.79 Å². The number of guanidine groups is 1. The van der Waals surface area contributed by atoms with Gasteiger partial charge < -0.3 is 20.1 Å². The summed E-state index contributed by atoms with van der Waals surface area (Å²) in [6.07, 6.45) is 3.84. The fourth-order valence-electron chi connectivity index (χ4n) is 3.43. The molecule has 2 N–H and O–H groups in total. The predicted molar refractivity (Wildman–Crippen MR) is 127 cm³/mol. The number of rotatable bonds is 8. The van der Waals surface area contributed by atoms with Crippen LogP contribution in [0.5, 0.6) is 11.5 Å². The van der Waals surface area contributed by atoms with Gasteiger partial charge in [0, 0.05) is 51.3 Å². The standard InChI is InChI=1S/C20H30N6O3.HI/c1-21-19(23-14-15-8-9-16(28-2)13-17(15)29-3)22-10-6-12-26-20(27)25-11-5-4-7-18(25)24-26;/h8-9,13H,4-7,10-12,14H2,1-3H3,(H2,21,22,23);1H. The quantitative estimate of drug-likeness (QED) is 0.234. The molecule has 0 spiro atoms. The molecule has 1 aliphatic heterocycles. The Labute approximate surface area is 193 Å². The van der Waals surface area contributed by atoms with Crippen LogP contribution >= 0.6 is 24.0 Å². The number of fused-ring (bicyclic) bond motifs is 1. The molecule has 2 heterocycles. The minimum absolute atomic E-state index is 0. The van der Waals surface area contributed by atoms with Crippen molar-refractivity contribution in [3.63, 3.8) is 0 Å². The van der Waals surface area contributed by atoms with Crippen LogP contribution in [0.1, 0.15) is 30.7 Å². The summed E-state index contributed by atoms with van der Waals surface area (Å²) >= 11 is 0. The van der Waals surface area contributed by atoms with Gasteiger partial charge in [0.05, 0.1) is 14.2 Å². The van der Waals surface area contributed by atoms with Gasteiger partial charge in [-0.1, -0.05) is 0 Å². The van der Waals surface area contributed by atoms with Crippen LogP contribution in [0.25, 0.3) is 0 Å². The Balaban J connectivity index is 0.00000320. The fourth-order valence-corrected chi connectivity index (χ4v) is 3.43. The number of benzene rings is 1. The maximum absolute atomic E-state index is 12.3. The molecule has 30 heavy (non-hydrogen) atoms. The highest BCUT2D eigenvalue weighted by molar-refractivity contribution is 14.0. The molecule has 0 unspecified atom stereocenters. The Bertz CT molecular complexity index is 908. The summed E-state index contributed by atoms with van der Waals surface area (Å²) in [5, 5.41) is 11.0. The fraction of sp³-hybridized carbons (Fsp3) is 0.550. The van der Waals surface area contributed by atoms with Gasteiger partial charge in [-0.2, -0.15) is 5.10 Å². The van der Waals surface area contributed by atoms with Gasteiger partial charge in [0.2, 0.25) is 0 Å². The number of aryl methyl sites for hydroxylation is 2. The summed E-state index contributed by atoms with van der Waals surface area (Å²) in [5.74, 6) is 3.12. The van der Waals surface area contributed by atoms with E-state index in [1.807, 2.05) is 18.2 Å². The van der Waals surface area contributed by atoms with Crippen molar-refractivity contribution in [1.29, 1.82) is 0 Å².